The molecule has 0 unspecified atom stereocenters. The van der Waals surface area contributed by atoms with Crippen LogP contribution < -0.4 is 0 Å². The van der Waals surface area contributed by atoms with Crippen LogP contribution >= 0.6 is 0 Å². The number of rotatable bonds is 3. The van der Waals surface area contributed by atoms with Gasteiger partial charge in [-0.05, 0) is 30.5 Å². The molecule has 0 saturated carbocycles. The monoisotopic (exact) mass is 364 g/mol. The van der Waals surface area contributed by atoms with Crippen LogP contribution in [0.5, 0.6) is 0 Å². The molecule has 138 valence electrons. The lowest BCUT2D eigenvalue weighted by molar-refractivity contribution is 0.0473. The predicted molar refractivity (Wildman–Crippen MR) is 98.2 cm³/mol. The summed E-state index contributed by atoms with van der Waals surface area (Å²) in [6.45, 7) is 1.16. The van der Waals surface area contributed by atoms with Crippen molar-refractivity contribution in [3.05, 3.63) is 71.3 Å². The van der Waals surface area contributed by atoms with E-state index >= 15 is 0 Å². The van der Waals surface area contributed by atoms with Crippen LogP contribution in [0, 0.1) is 0 Å². The second-order valence-corrected chi connectivity index (χ2v) is 6.78. The Kier molecular flexibility index (Phi) is 4.62. The molecule has 0 spiro atoms. The maximum atomic E-state index is 12.6. The zero-order chi connectivity index (χ0) is 18.8. The molecule has 0 radical (unpaired) electrons. The topological polar surface area (TPSA) is 66.9 Å². The van der Waals surface area contributed by atoms with E-state index in [0.717, 1.165) is 5.56 Å². The average molecular weight is 364 g/mol. The van der Waals surface area contributed by atoms with Crippen LogP contribution in [-0.4, -0.2) is 46.8 Å². The van der Waals surface area contributed by atoms with Gasteiger partial charge in [0, 0.05) is 19.1 Å². The maximum Gasteiger partial charge on any atom is 0.410 e. The number of benzene rings is 2. The molecule has 0 N–H and O–H groups in total. The van der Waals surface area contributed by atoms with Gasteiger partial charge < -0.3 is 9.64 Å². The van der Waals surface area contributed by atoms with Crippen molar-refractivity contribution >= 4 is 17.9 Å². The van der Waals surface area contributed by atoms with Gasteiger partial charge in [0.2, 0.25) is 0 Å². The number of piperidine rings is 1. The Labute approximate surface area is 157 Å². The van der Waals surface area contributed by atoms with E-state index in [-0.39, 0.29) is 30.6 Å². The van der Waals surface area contributed by atoms with Crippen molar-refractivity contribution in [2.75, 3.05) is 13.1 Å². The molecule has 6 nitrogen and oxygen atoms in total. The molecule has 2 aromatic carbocycles. The van der Waals surface area contributed by atoms with Crippen LogP contribution in [0.1, 0.15) is 39.1 Å². The van der Waals surface area contributed by atoms with E-state index in [1.54, 1.807) is 29.2 Å². The Balaban J connectivity index is 1.33. The highest BCUT2D eigenvalue weighted by Crippen LogP contribution is 2.28. The van der Waals surface area contributed by atoms with E-state index in [0.29, 0.717) is 37.1 Å². The number of carbonyl (C=O) groups excluding carboxylic acids is 3. The van der Waals surface area contributed by atoms with Gasteiger partial charge in [-0.25, -0.2) is 4.79 Å². The number of amides is 3. The van der Waals surface area contributed by atoms with Crippen LogP contribution in [0.2, 0.25) is 0 Å². The summed E-state index contributed by atoms with van der Waals surface area (Å²) in [6.07, 6.45) is 0.761. The molecule has 1 fully saturated rings. The quantitative estimate of drug-likeness (QED) is 0.785. The van der Waals surface area contributed by atoms with Crippen LogP contribution in [0.4, 0.5) is 4.79 Å². The van der Waals surface area contributed by atoms with Gasteiger partial charge in [0.1, 0.15) is 6.61 Å². The smallest absolute Gasteiger partial charge is 0.410 e. The minimum atomic E-state index is -0.361. The SMILES string of the molecule is O=C(OCc1ccccc1)N1CCC(N2C(=O)c3ccccc3C2=O)CC1. The van der Waals surface area contributed by atoms with E-state index in [4.69, 9.17) is 4.74 Å². The standard InChI is InChI=1S/C21H20N2O4/c24-19-17-8-4-5-9-18(17)20(25)23(19)16-10-12-22(13-11-16)21(26)27-14-15-6-2-1-3-7-15/h1-9,16H,10-14H2. The highest BCUT2D eigenvalue weighted by atomic mass is 16.6. The molecule has 2 aliphatic heterocycles. The Morgan fingerprint density at radius 3 is 2.04 bits per heavy atom. The van der Waals surface area contributed by atoms with Crippen LogP contribution in [0.3, 0.4) is 0 Å². The summed E-state index contributed by atoms with van der Waals surface area (Å²) in [5.41, 5.74) is 1.87. The van der Waals surface area contributed by atoms with Crippen molar-refractivity contribution in [3.63, 3.8) is 0 Å². The van der Waals surface area contributed by atoms with E-state index < -0.39 is 0 Å². The molecule has 0 aliphatic carbocycles. The Bertz CT molecular complexity index is 838. The number of nitrogens with zero attached hydrogens (tertiary/aromatic N) is 2. The first-order chi connectivity index (χ1) is 13.1. The third kappa shape index (κ3) is 3.30. The highest BCUT2D eigenvalue weighted by molar-refractivity contribution is 6.21. The predicted octanol–water partition coefficient (Wildman–Crippen LogP) is 3.08. The van der Waals surface area contributed by atoms with Crippen molar-refractivity contribution in [1.29, 1.82) is 0 Å². The summed E-state index contributed by atoms with van der Waals surface area (Å²) in [5.74, 6) is -0.471. The number of hydrogen-bond donors (Lipinski definition) is 0. The largest absolute Gasteiger partial charge is 0.445 e. The van der Waals surface area contributed by atoms with E-state index in [1.165, 1.54) is 4.90 Å². The molecule has 2 heterocycles. The maximum absolute atomic E-state index is 12.6. The molecule has 0 aromatic heterocycles. The molecule has 0 bridgehead atoms. The van der Waals surface area contributed by atoms with Crippen molar-refractivity contribution in [2.24, 2.45) is 0 Å². The number of carbonyl (C=O) groups is 3. The number of likely N-dealkylation sites (tertiary alicyclic amines) is 1. The lowest BCUT2D eigenvalue weighted by atomic mass is 10.0. The van der Waals surface area contributed by atoms with Gasteiger partial charge in [-0.3, -0.25) is 14.5 Å². The summed E-state index contributed by atoms with van der Waals surface area (Å²) in [4.78, 5) is 40.4. The van der Waals surface area contributed by atoms with Gasteiger partial charge in [0.05, 0.1) is 11.1 Å². The van der Waals surface area contributed by atoms with E-state index in [1.807, 2.05) is 30.3 Å². The van der Waals surface area contributed by atoms with Gasteiger partial charge in [0.15, 0.2) is 0 Å². The van der Waals surface area contributed by atoms with Crippen LogP contribution in [-0.2, 0) is 11.3 Å². The molecular formula is C21H20N2O4. The molecule has 0 atom stereocenters. The van der Waals surface area contributed by atoms with E-state index in [2.05, 4.69) is 0 Å². The second kappa shape index (κ2) is 7.23. The van der Waals surface area contributed by atoms with Gasteiger partial charge in [-0.2, -0.15) is 0 Å². The highest BCUT2D eigenvalue weighted by Gasteiger charge is 2.41. The number of imide groups is 1. The van der Waals surface area contributed by atoms with Gasteiger partial charge in [0.25, 0.3) is 11.8 Å². The third-order valence-corrected chi connectivity index (χ3v) is 5.12. The molecule has 1 saturated heterocycles. The second-order valence-electron chi connectivity index (χ2n) is 6.78. The Morgan fingerprint density at radius 1 is 0.889 bits per heavy atom. The van der Waals surface area contributed by atoms with Gasteiger partial charge in [-0.15, -0.1) is 0 Å². The lowest BCUT2D eigenvalue weighted by Gasteiger charge is -2.35. The van der Waals surface area contributed by atoms with E-state index in [9.17, 15) is 14.4 Å². The molecule has 27 heavy (non-hydrogen) atoms. The Morgan fingerprint density at radius 2 is 1.44 bits per heavy atom. The number of fused-ring (bicyclic) bond motifs is 1. The van der Waals surface area contributed by atoms with Crippen molar-refractivity contribution in [1.82, 2.24) is 9.80 Å². The number of ether oxygens (including phenoxy) is 1. The zero-order valence-corrected chi connectivity index (χ0v) is 14.8. The van der Waals surface area contributed by atoms with Gasteiger partial charge in [-0.1, -0.05) is 42.5 Å². The van der Waals surface area contributed by atoms with Gasteiger partial charge >= 0.3 is 6.09 Å². The van der Waals surface area contributed by atoms with Crippen molar-refractivity contribution < 1.29 is 19.1 Å². The first kappa shape index (κ1) is 17.3. The zero-order valence-electron chi connectivity index (χ0n) is 14.8. The van der Waals surface area contributed by atoms with Crippen LogP contribution in [0.15, 0.2) is 54.6 Å². The third-order valence-electron chi connectivity index (χ3n) is 5.12. The summed E-state index contributed by atoms with van der Waals surface area (Å²) in [5, 5.41) is 0. The first-order valence-electron chi connectivity index (χ1n) is 9.07. The molecular weight excluding hydrogens is 344 g/mol. The van der Waals surface area contributed by atoms with Crippen molar-refractivity contribution in [3.8, 4) is 0 Å². The molecule has 2 aromatic rings. The number of hydrogen-bond acceptors (Lipinski definition) is 4. The summed E-state index contributed by atoms with van der Waals surface area (Å²) in [7, 11) is 0. The average Bonchev–Trinajstić information content (AvgIpc) is 2.98. The normalized spacial score (nSPS) is 17.2. The molecule has 2 aliphatic rings. The molecule has 6 heteroatoms. The minimum absolute atomic E-state index is 0.185. The Hall–Kier alpha value is -3.15. The summed E-state index contributed by atoms with van der Waals surface area (Å²) < 4.78 is 5.36. The fourth-order valence-electron chi connectivity index (χ4n) is 3.66. The summed E-state index contributed by atoms with van der Waals surface area (Å²) >= 11 is 0. The summed E-state index contributed by atoms with van der Waals surface area (Å²) in [6, 6.07) is 16.2. The fraction of sp³-hybridized carbons (Fsp3) is 0.286. The van der Waals surface area contributed by atoms with Crippen LogP contribution in [0.25, 0.3) is 0 Å². The fourth-order valence-corrected chi connectivity index (χ4v) is 3.66. The molecule has 4 rings (SSSR count). The minimum Gasteiger partial charge on any atom is -0.445 e. The lowest BCUT2D eigenvalue weighted by Crippen LogP contribution is -2.48. The van der Waals surface area contributed by atoms with Crippen molar-refractivity contribution in [2.45, 2.75) is 25.5 Å². The molecule has 3 amide bonds. The first-order valence-corrected chi connectivity index (χ1v) is 9.07.